The van der Waals surface area contributed by atoms with Crippen LogP contribution in [0.15, 0.2) is 30.6 Å². The van der Waals surface area contributed by atoms with Crippen molar-refractivity contribution in [1.82, 2.24) is 9.78 Å². The summed E-state index contributed by atoms with van der Waals surface area (Å²) in [7, 11) is -1.04. The zero-order chi connectivity index (χ0) is 15.5. The fourth-order valence-corrected chi connectivity index (χ4v) is 2.70. The highest BCUT2D eigenvalue weighted by Gasteiger charge is 2.12. The maximum absolute atomic E-state index is 13.3. The largest absolute Gasteiger partial charge is 0.360 e. The third-order valence-corrected chi connectivity index (χ3v) is 5.05. The number of rotatable bonds is 6. The van der Waals surface area contributed by atoms with Crippen LogP contribution in [0, 0.1) is 12.7 Å². The van der Waals surface area contributed by atoms with Crippen LogP contribution in [0.5, 0.6) is 0 Å². The minimum absolute atomic E-state index is 0.180. The highest BCUT2D eigenvalue weighted by atomic mass is 28.3. The molecule has 21 heavy (non-hydrogen) atoms. The molecule has 0 unspecified atom stereocenters. The fourth-order valence-electron chi connectivity index (χ4n) is 1.94. The van der Waals surface area contributed by atoms with Gasteiger partial charge in [0.2, 0.25) is 0 Å². The first-order valence-corrected chi connectivity index (χ1v) is 10.9. The van der Waals surface area contributed by atoms with Crippen molar-refractivity contribution < 1.29 is 9.13 Å². The molecule has 0 N–H and O–H groups in total. The first-order chi connectivity index (χ1) is 9.85. The molecule has 0 spiro atoms. The van der Waals surface area contributed by atoms with Gasteiger partial charge in [-0.2, -0.15) is 5.10 Å². The predicted octanol–water partition coefficient (Wildman–Crippen LogP) is 4.31. The molecule has 3 nitrogen and oxygen atoms in total. The lowest BCUT2D eigenvalue weighted by Crippen LogP contribution is -2.22. The average Bonchev–Trinajstić information content (AvgIpc) is 2.86. The van der Waals surface area contributed by atoms with Gasteiger partial charge in [-0.25, -0.2) is 9.07 Å². The summed E-state index contributed by atoms with van der Waals surface area (Å²) in [6.07, 6.45) is 3.72. The maximum Gasteiger partial charge on any atom is 0.139 e. The van der Waals surface area contributed by atoms with E-state index in [1.807, 2.05) is 12.3 Å². The molecule has 1 aromatic carbocycles. The fraction of sp³-hybridized carbons (Fsp3) is 0.438. The Morgan fingerprint density at radius 3 is 2.67 bits per heavy atom. The Balaban J connectivity index is 1.93. The molecule has 1 aromatic heterocycles. The van der Waals surface area contributed by atoms with Crippen molar-refractivity contribution in [2.45, 2.75) is 39.3 Å². The van der Waals surface area contributed by atoms with Crippen molar-refractivity contribution in [3.8, 4) is 11.1 Å². The Morgan fingerprint density at radius 1 is 1.24 bits per heavy atom. The van der Waals surface area contributed by atoms with Crippen LogP contribution in [0.2, 0.25) is 25.7 Å². The molecule has 0 amide bonds. The Bertz CT molecular complexity index is 605. The van der Waals surface area contributed by atoms with Gasteiger partial charge in [-0.3, -0.25) is 0 Å². The lowest BCUT2D eigenvalue weighted by Gasteiger charge is -2.15. The van der Waals surface area contributed by atoms with Crippen molar-refractivity contribution in [3.63, 3.8) is 0 Å². The van der Waals surface area contributed by atoms with Gasteiger partial charge in [-0.05, 0) is 36.2 Å². The molecule has 0 bridgehead atoms. The van der Waals surface area contributed by atoms with Gasteiger partial charge in [0.15, 0.2) is 0 Å². The highest BCUT2D eigenvalue weighted by molar-refractivity contribution is 6.76. The smallest absolute Gasteiger partial charge is 0.139 e. The summed E-state index contributed by atoms with van der Waals surface area (Å²) in [5.41, 5.74) is 2.60. The number of aromatic nitrogens is 2. The summed E-state index contributed by atoms with van der Waals surface area (Å²) in [5.74, 6) is -0.180. The molecule has 0 aliphatic heterocycles. The van der Waals surface area contributed by atoms with E-state index in [1.165, 1.54) is 6.07 Å². The third kappa shape index (κ3) is 4.79. The normalized spacial score (nSPS) is 11.9. The zero-order valence-corrected chi connectivity index (χ0v) is 14.2. The molecule has 1 heterocycles. The van der Waals surface area contributed by atoms with Crippen molar-refractivity contribution in [2.24, 2.45) is 0 Å². The van der Waals surface area contributed by atoms with Crippen LogP contribution in [-0.4, -0.2) is 24.5 Å². The summed E-state index contributed by atoms with van der Waals surface area (Å²) in [5, 5.41) is 4.29. The molecular formula is C16H23FN2OSi. The summed E-state index contributed by atoms with van der Waals surface area (Å²) >= 11 is 0. The Kier molecular flexibility index (Phi) is 4.95. The van der Waals surface area contributed by atoms with Gasteiger partial charge in [0, 0.05) is 26.4 Å². The molecule has 0 saturated heterocycles. The van der Waals surface area contributed by atoms with Crippen LogP contribution in [0.3, 0.4) is 0 Å². The van der Waals surface area contributed by atoms with E-state index in [2.05, 4.69) is 24.7 Å². The molecule has 0 radical (unpaired) electrons. The minimum Gasteiger partial charge on any atom is -0.360 e. The molecule has 5 heteroatoms. The van der Waals surface area contributed by atoms with E-state index >= 15 is 0 Å². The molecule has 0 aliphatic carbocycles. The van der Waals surface area contributed by atoms with Gasteiger partial charge in [0.05, 0.1) is 6.20 Å². The average molecular weight is 306 g/mol. The van der Waals surface area contributed by atoms with Gasteiger partial charge in [0.1, 0.15) is 12.5 Å². The number of halogens is 1. The quantitative estimate of drug-likeness (QED) is 0.587. The van der Waals surface area contributed by atoms with E-state index in [-0.39, 0.29) is 5.82 Å². The zero-order valence-electron chi connectivity index (χ0n) is 13.2. The van der Waals surface area contributed by atoms with Gasteiger partial charge in [0.25, 0.3) is 0 Å². The van der Waals surface area contributed by atoms with Crippen LogP contribution in [-0.2, 0) is 11.5 Å². The molecule has 114 valence electrons. The minimum atomic E-state index is -1.04. The first kappa shape index (κ1) is 15.9. The predicted molar refractivity (Wildman–Crippen MR) is 86.5 cm³/mol. The summed E-state index contributed by atoms with van der Waals surface area (Å²) in [6, 6.07) is 6.25. The molecule has 2 rings (SSSR count). The van der Waals surface area contributed by atoms with Crippen molar-refractivity contribution in [2.75, 3.05) is 6.61 Å². The highest BCUT2D eigenvalue weighted by Crippen LogP contribution is 2.21. The Labute approximate surface area is 126 Å². The molecular weight excluding hydrogens is 283 g/mol. The van der Waals surface area contributed by atoms with Gasteiger partial charge < -0.3 is 4.74 Å². The Hall–Kier alpha value is -1.46. The van der Waals surface area contributed by atoms with E-state index in [4.69, 9.17) is 4.74 Å². The van der Waals surface area contributed by atoms with E-state index in [0.29, 0.717) is 12.3 Å². The summed E-state index contributed by atoms with van der Waals surface area (Å²) < 4.78 is 20.7. The van der Waals surface area contributed by atoms with Crippen molar-refractivity contribution in [1.29, 1.82) is 0 Å². The monoisotopic (exact) mass is 306 g/mol. The van der Waals surface area contributed by atoms with Gasteiger partial charge in [-0.1, -0.05) is 25.7 Å². The lowest BCUT2D eigenvalue weighted by atomic mass is 10.1. The molecule has 0 saturated carbocycles. The van der Waals surface area contributed by atoms with E-state index < -0.39 is 8.07 Å². The number of hydrogen-bond acceptors (Lipinski definition) is 2. The van der Waals surface area contributed by atoms with E-state index in [0.717, 1.165) is 23.8 Å². The van der Waals surface area contributed by atoms with E-state index in [1.54, 1.807) is 23.9 Å². The summed E-state index contributed by atoms with van der Waals surface area (Å²) in [6.45, 7) is 10.0. The topological polar surface area (TPSA) is 27.1 Å². The van der Waals surface area contributed by atoms with Crippen LogP contribution >= 0.6 is 0 Å². The number of benzene rings is 1. The second kappa shape index (κ2) is 6.53. The standard InChI is InChI=1S/C16H23FN2OSi/c1-13-9-14(5-6-16(13)17)15-10-18-19(11-15)12-20-7-8-21(2,3)4/h5-6,9-11H,7-8,12H2,1-4H3. The van der Waals surface area contributed by atoms with Crippen LogP contribution < -0.4 is 0 Å². The third-order valence-electron chi connectivity index (χ3n) is 3.34. The van der Waals surface area contributed by atoms with Gasteiger partial charge >= 0.3 is 0 Å². The first-order valence-electron chi connectivity index (χ1n) is 7.22. The van der Waals surface area contributed by atoms with Gasteiger partial charge in [-0.15, -0.1) is 0 Å². The molecule has 0 aliphatic rings. The van der Waals surface area contributed by atoms with Crippen molar-refractivity contribution >= 4 is 8.07 Å². The van der Waals surface area contributed by atoms with Crippen LogP contribution in [0.1, 0.15) is 5.56 Å². The lowest BCUT2D eigenvalue weighted by molar-refractivity contribution is 0.0786. The van der Waals surface area contributed by atoms with Crippen molar-refractivity contribution in [3.05, 3.63) is 42.0 Å². The van der Waals surface area contributed by atoms with Crippen LogP contribution in [0.25, 0.3) is 11.1 Å². The molecule has 0 atom stereocenters. The molecule has 0 fully saturated rings. The SMILES string of the molecule is Cc1cc(-c2cnn(COCC[Si](C)(C)C)c2)ccc1F. The number of hydrogen-bond donors (Lipinski definition) is 0. The number of nitrogens with zero attached hydrogens (tertiary/aromatic N) is 2. The number of aryl methyl sites for hydroxylation is 1. The van der Waals surface area contributed by atoms with E-state index in [9.17, 15) is 4.39 Å². The van der Waals surface area contributed by atoms with Crippen LogP contribution in [0.4, 0.5) is 4.39 Å². The number of ether oxygens (including phenoxy) is 1. The summed E-state index contributed by atoms with van der Waals surface area (Å²) in [4.78, 5) is 0. The second-order valence-corrected chi connectivity index (χ2v) is 12.2. The second-order valence-electron chi connectivity index (χ2n) is 6.58. The maximum atomic E-state index is 13.3. The molecule has 2 aromatic rings. The Morgan fingerprint density at radius 2 is 2.00 bits per heavy atom.